The van der Waals surface area contributed by atoms with Crippen LogP contribution in [0.25, 0.3) is 0 Å². The van der Waals surface area contributed by atoms with Crippen molar-refractivity contribution in [1.82, 2.24) is 4.90 Å². The first-order valence-corrected chi connectivity index (χ1v) is 6.54. The molecule has 0 aromatic rings. The third-order valence-corrected chi connectivity index (χ3v) is 3.99. The van der Waals surface area contributed by atoms with E-state index in [9.17, 15) is 0 Å². The monoisotopic (exact) mass is 214 g/mol. The summed E-state index contributed by atoms with van der Waals surface area (Å²) in [6, 6.07) is 0.681. The predicted octanol–water partition coefficient (Wildman–Crippen LogP) is 3.01. The molecule has 0 saturated heterocycles. The van der Waals surface area contributed by atoms with E-state index < -0.39 is 0 Å². The van der Waals surface area contributed by atoms with Gasteiger partial charge >= 0.3 is 0 Å². The maximum absolute atomic E-state index is 6.01. The summed E-state index contributed by atoms with van der Waals surface area (Å²) in [4.78, 5) is 2.54. The minimum absolute atomic E-state index is 0.228. The first-order chi connectivity index (χ1) is 7.11. The summed E-state index contributed by atoms with van der Waals surface area (Å²) >= 11 is 0. The van der Waals surface area contributed by atoms with E-state index in [4.69, 9.17) is 5.73 Å². The zero-order valence-electron chi connectivity index (χ0n) is 11.3. The second-order valence-corrected chi connectivity index (χ2v) is 4.61. The molecule has 0 radical (unpaired) electrons. The Hall–Kier alpha value is -0.0800. The number of nitrogens with zero attached hydrogens (tertiary/aromatic N) is 1. The van der Waals surface area contributed by atoms with E-state index in [2.05, 4.69) is 39.6 Å². The van der Waals surface area contributed by atoms with Crippen LogP contribution in [0.2, 0.25) is 0 Å². The molecule has 1 unspecified atom stereocenters. The zero-order valence-corrected chi connectivity index (χ0v) is 11.3. The molecule has 0 aliphatic carbocycles. The van der Waals surface area contributed by atoms with Crippen molar-refractivity contribution in [2.45, 2.75) is 71.4 Å². The van der Waals surface area contributed by atoms with Crippen LogP contribution in [0.5, 0.6) is 0 Å². The van der Waals surface area contributed by atoms with Crippen LogP contribution < -0.4 is 5.73 Å². The fourth-order valence-electron chi connectivity index (χ4n) is 2.68. The Balaban J connectivity index is 4.71. The van der Waals surface area contributed by atoms with E-state index >= 15 is 0 Å². The average Bonchev–Trinajstić information content (AvgIpc) is 2.27. The molecule has 0 heterocycles. The lowest BCUT2D eigenvalue weighted by Gasteiger charge is -2.45. The van der Waals surface area contributed by atoms with Crippen LogP contribution in [0.1, 0.15) is 59.8 Å². The van der Waals surface area contributed by atoms with Crippen molar-refractivity contribution in [3.63, 3.8) is 0 Å². The molecule has 0 fully saturated rings. The van der Waals surface area contributed by atoms with Crippen molar-refractivity contribution in [2.24, 2.45) is 5.73 Å². The van der Waals surface area contributed by atoms with Gasteiger partial charge < -0.3 is 5.73 Å². The highest BCUT2D eigenvalue weighted by molar-refractivity contribution is 4.91. The highest BCUT2D eigenvalue weighted by Gasteiger charge is 2.33. The van der Waals surface area contributed by atoms with Gasteiger partial charge in [-0.05, 0) is 32.7 Å². The van der Waals surface area contributed by atoms with E-state index in [1.54, 1.807) is 0 Å². The lowest BCUT2D eigenvalue weighted by molar-refractivity contribution is 0.0598. The molecule has 0 aliphatic heterocycles. The summed E-state index contributed by atoms with van der Waals surface area (Å²) in [5.74, 6) is 0. The number of rotatable bonds is 8. The maximum Gasteiger partial charge on any atom is 0.0328 e. The minimum Gasteiger partial charge on any atom is -0.329 e. The highest BCUT2D eigenvalue weighted by Crippen LogP contribution is 2.27. The molecule has 2 heteroatoms. The highest BCUT2D eigenvalue weighted by atomic mass is 15.2. The maximum atomic E-state index is 6.01. The Morgan fingerprint density at radius 3 is 1.93 bits per heavy atom. The fourth-order valence-corrected chi connectivity index (χ4v) is 2.68. The van der Waals surface area contributed by atoms with Crippen molar-refractivity contribution < 1.29 is 0 Å². The van der Waals surface area contributed by atoms with Gasteiger partial charge in [-0.3, -0.25) is 4.90 Å². The van der Waals surface area contributed by atoms with Crippen LogP contribution in [0.3, 0.4) is 0 Å². The average molecular weight is 214 g/mol. The number of likely N-dealkylation sites (N-methyl/N-ethyl adjacent to an activating group) is 1. The second kappa shape index (κ2) is 7.24. The van der Waals surface area contributed by atoms with E-state index in [1.807, 2.05) is 0 Å². The minimum atomic E-state index is 0.228. The topological polar surface area (TPSA) is 29.3 Å². The predicted molar refractivity (Wildman–Crippen MR) is 69.1 cm³/mol. The molecule has 0 amide bonds. The van der Waals surface area contributed by atoms with E-state index in [1.165, 1.54) is 25.7 Å². The molecule has 0 spiro atoms. The Bertz CT molecular complexity index is 149. The van der Waals surface area contributed by atoms with Gasteiger partial charge in [-0.25, -0.2) is 0 Å². The van der Waals surface area contributed by atoms with Crippen molar-refractivity contribution in [1.29, 1.82) is 0 Å². The Kier molecular flexibility index (Phi) is 7.20. The third-order valence-electron chi connectivity index (χ3n) is 3.99. The third kappa shape index (κ3) is 3.46. The number of hydrogen-bond donors (Lipinski definition) is 1. The van der Waals surface area contributed by atoms with Gasteiger partial charge in [0.2, 0.25) is 0 Å². The molecule has 92 valence electrons. The summed E-state index contributed by atoms with van der Waals surface area (Å²) in [6.07, 6.45) is 6.03. The molecular weight excluding hydrogens is 184 g/mol. The zero-order chi connectivity index (χ0) is 11.9. The molecular formula is C13H30N2. The summed E-state index contributed by atoms with van der Waals surface area (Å²) in [5, 5.41) is 0. The van der Waals surface area contributed by atoms with Crippen LogP contribution >= 0.6 is 0 Å². The second-order valence-electron chi connectivity index (χ2n) is 4.61. The summed E-state index contributed by atoms with van der Waals surface area (Å²) in [6.45, 7) is 9.84. The van der Waals surface area contributed by atoms with Crippen molar-refractivity contribution in [2.75, 3.05) is 13.6 Å². The SMILES string of the molecule is CCCC(CC)(CN)N(C)C(CC)CC. The lowest BCUT2D eigenvalue weighted by atomic mass is 9.87. The summed E-state index contributed by atoms with van der Waals surface area (Å²) < 4.78 is 0. The summed E-state index contributed by atoms with van der Waals surface area (Å²) in [7, 11) is 2.25. The standard InChI is InChI=1S/C13H30N2/c1-6-10-13(9-4,11-14)15(5)12(7-2)8-3/h12H,6-11,14H2,1-5H3. The van der Waals surface area contributed by atoms with Gasteiger partial charge in [0, 0.05) is 18.1 Å². The van der Waals surface area contributed by atoms with Crippen LogP contribution in [-0.4, -0.2) is 30.1 Å². The van der Waals surface area contributed by atoms with Gasteiger partial charge in [-0.2, -0.15) is 0 Å². The lowest BCUT2D eigenvalue weighted by Crippen LogP contribution is -2.55. The molecule has 1 atom stereocenters. The molecule has 15 heavy (non-hydrogen) atoms. The molecule has 0 rings (SSSR count). The van der Waals surface area contributed by atoms with Crippen molar-refractivity contribution in [3.05, 3.63) is 0 Å². The first-order valence-electron chi connectivity index (χ1n) is 6.54. The molecule has 2 nitrogen and oxygen atoms in total. The van der Waals surface area contributed by atoms with Crippen LogP contribution in [0, 0.1) is 0 Å². The van der Waals surface area contributed by atoms with Crippen LogP contribution in [0.15, 0.2) is 0 Å². The van der Waals surface area contributed by atoms with Gasteiger partial charge in [0.05, 0.1) is 0 Å². The Morgan fingerprint density at radius 2 is 1.67 bits per heavy atom. The number of hydrogen-bond acceptors (Lipinski definition) is 2. The Morgan fingerprint density at radius 1 is 1.13 bits per heavy atom. The molecule has 0 aromatic carbocycles. The van der Waals surface area contributed by atoms with Crippen molar-refractivity contribution in [3.8, 4) is 0 Å². The summed E-state index contributed by atoms with van der Waals surface area (Å²) in [5.41, 5.74) is 6.24. The van der Waals surface area contributed by atoms with E-state index in [0.717, 1.165) is 13.0 Å². The van der Waals surface area contributed by atoms with E-state index in [-0.39, 0.29) is 5.54 Å². The van der Waals surface area contributed by atoms with Gasteiger partial charge in [0.15, 0.2) is 0 Å². The van der Waals surface area contributed by atoms with E-state index in [0.29, 0.717) is 6.04 Å². The molecule has 0 bridgehead atoms. The number of nitrogens with two attached hydrogens (primary N) is 1. The molecule has 2 N–H and O–H groups in total. The molecule has 0 aliphatic rings. The fraction of sp³-hybridized carbons (Fsp3) is 1.00. The smallest absolute Gasteiger partial charge is 0.0328 e. The van der Waals surface area contributed by atoms with Crippen LogP contribution in [0.4, 0.5) is 0 Å². The first kappa shape index (κ1) is 14.9. The molecule has 0 aromatic heterocycles. The van der Waals surface area contributed by atoms with Gasteiger partial charge in [-0.15, -0.1) is 0 Å². The largest absolute Gasteiger partial charge is 0.329 e. The Labute approximate surface area is 96.2 Å². The van der Waals surface area contributed by atoms with Gasteiger partial charge in [0.1, 0.15) is 0 Å². The normalized spacial score (nSPS) is 16.0. The molecule has 0 saturated carbocycles. The van der Waals surface area contributed by atoms with Gasteiger partial charge in [0.25, 0.3) is 0 Å². The van der Waals surface area contributed by atoms with Gasteiger partial charge in [-0.1, -0.05) is 34.1 Å². The quantitative estimate of drug-likeness (QED) is 0.673. The van der Waals surface area contributed by atoms with Crippen molar-refractivity contribution >= 4 is 0 Å². The van der Waals surface area contributed by atoms with Crippen LogP contribution in [-0.2, 0) is 0 Å².